The lowest BCUT2D eigenvalue weighted by Crippen LogP contribution is -2.41. The molecule has 33 heavy (non-hydrogen) atoms. The molecule has 1 heterocycles. The van der Waals surface area contributed by atoms with Crippen LogP contribution >= 0.6 is 11.6 Å². The number of carbonyl (C=O) groups excluding carboxylic acids is 2. The lowest BCUT2D eigenvalue weighted by atomic mass is 9.89. The van der Waals surface area contributed by atoms with Gasteiger partial charge in [0, 0.05) is 41.0 Å². The number of benzene rings is 3. The summed E-state index contributed by atoms with van der Waals surface area (Å²) in [5.74, 6) is 0.732. The van der Waals surface area contributed by atoms with Gasteiger partial charge in [0.25, 0.3) is 5.91 Å². The van der Waals surface area contributed by atoms with Crippen molar-refractivity contribution < 1.29 is 14.3 Å². The lowest BCUT2D eigenvalue weighted by molar-refractivity contribution is 0.102. The van der Waals surface area contributed by atoms with Gasteiger partial charge in [0.15, 0.2) is 0 Å². The van der Waals surface area contributed by atoms with Gasteiger partial charge in [0.1, 0.15) is 5.75 Å². The van der Waals surface area contributed by atoms with E-state index in [1.807, 2.05) is 23.1 Å². The van der Waals surface area contributed by atoms with Crippen molar-refractivity contribution in [1.29, 1.82) is 0 Å². The number of carbonyl (C=O) groups is 2. The van der Waals surface area contributed by atoms with Crippen molar-refractivity contribution >= 4 is 34.9 Å². The summed E-state index contributed by atoms with van der Waals surface area (Å²) >= 11 is 5.92. The molecule has 0 aliphatic carbocycles. The molecule has 6 nitrogen and oxygen atoms in total. The third-order valence-electron chi connectivity index (χ3n) is 5.77. The molecule has 1 fully saturated rings. The first-order valence-corrected chi connectivity index (χ1v) is 11.3. The van der Waals surface area contributed by atoms with Crippen molar-refractivity contribution in [3.05, 3.63) is 88.9 Å². The number of ether oxygens (including phenoxy) is 1. The van der Waals surface area contributed by atoms with Crippen LogP contribution < -0.4 is 15.4 Å². The minimum absolute atomic E-state index is 0.129. The summed E-state index contributed by atoms with van der Waals surface area (Å²) in [5.41, 5.74) is 3.06. The first-order chi connectivity index (χ1) is 16.0. The zero-order chi connectivity index (χ0) is 23.2. The van der Waals surface area contributed by atoms with Gasteiger partial charge in [-0.25, -0.2) is 4.79 Å². The largest absolute Gasteiger partial charge is 0.497 e. The van der Waals surface area contributed by atoms with Crippen molar-refractivity contribution in [2.45, 2.75) is 18.8 Å². The third-order valence-corrected chi connectivity index (χ3v) is 6.02. The second-order valence-corrected chi connectivity index (χ2v) is 8.47. The Labute approximate surface area is 198 Å². The summed E-state index contributed by atoms with van der Waals surface area (Å²) in [7, 11) is 1.60. The zero-order valence-electron chi connectivity index (χ0n) is 18.4. The lowest BCUT2D eigenvalue weighted by Gasteiger charge is -2.33. The van der Waals surface area contributed by atoms with E-state index in [-0.39, 0.29) is 17.9 Å². The highest BCUT2D eigenvalue weighted by Gasteiger charge is 2.25. The van der Waals surface area contributed by atoms with Crippen LogP contribution in [-0.2, 0) is 0 Å². The molecule has 0 unspecified atom stereocenters. The van der Waals surface area contributed by atoms with Gasteiger partial charge < -0.3 is 20.3 Å². The number of methoxy groups -OCH3 is 1. The highest BCUT2D eigenvalue weighted by Crippen LogP contribution is 2.28. The quantitative estimate of drug-likeness (QED) is 0.486. The number of halogens is 1. The predicted octanol–water partition coefficient (Wildman–Crippen LogP) is 6.01. The Bertz CT molecular complexity index is 1120. The van der Waals surface area contributed by atoms with Crippen molar-refractivity contribution in [2.75, 3.05) is 30.8 Å². The van der Waals surface area contributed by atoms with Crippen molar-refractivity contribution in [2.24, 2.45) is 0 Å². The highest BCUT2D eigenvalue weighted by molar-refractivity contribution is 6.30. The van der Waals surface area contributed by atoms with Gasteiger partial charge in [0.2, 0.25) is 0 Å². The molecule has 0 spiro atoms. The van der Waals surface area contributed by atoms with E-state index in [1.54, 1.807) is 61.7 Å². The van der Waals surface area contributed by atoms with Crippen LogP contribution in [0.25, 0.3) is 0 Å². The van der Waals surface area contributed by atoms with Crippen LogP contribution in [0, 0.1) is 0 Å². The summed E-state index contributed by atoms with van der Waals surface area (Å²) in [6.45, 7) is 1.30. The van der Waals surface area contributed by atoms with Gasteiger partial charge >= 0.3 is 6.03 Å². The molecule has 3 amide bonds. The second kappa shape index (κ2) is 10.4. The van der Waals surface area contributed by atoms with Crippen molar-refractivity contribution in [3.63, 3.8) is 0 Å². The molecule has 2 N–H and O–H groups in total. The Morgan fingerprint density at radius 1 is 0.970 bits per heavy atom. The van der Waals surface area contributed by atoms with Crippen molar-refractivity contribution in [1.82, 2.24) is 4.90 Å². The number of nitrogens with zero attached hydrogens (tertiary/aromatic N) is 1. The average Bonchev–Trinajstić information content (AvgIpc) is 2.86. The molecule has 3 aromatic carbocycles. The van der Waals surface area contributed by atoms with E-state index < -0.39 is 0 Å². The average molecular weight is 464 g/mol. The minimum Gasteiger partial charge on any atom is -0.497 e. The maximum atomic E-state index is 12.8. The van der Waals surface area contributed by atoms with E-state index in [0.29, 0.717) is 35.1 Å². The standard InChI is InChI=1S/C26H26ClN3O3/c1-33-24-13-11-22(12-14-24)28-25(31)19-5-2-4-18(16-19)20-6-3-15-30(17-20)26(32)29-23-9-7-21(27)8-10-23/h2,4-5,7-14,16,20H,3,6,15,17H2,1H3,(H,28,31)(H,29,32)/t20-/m1/s1. The highest BCUT2D eigenvalue weighted by atomic mass is 35.5. The molecule has 0 bridgehead atoms. The van der Waals surface area contributed by atoms with Crippen LogP contribution in [0.2, 0.25) is 5.02 Å². The molecule has 1 atom stereocenters. The van der Waals surface area contributed by atoms with Crippen LogP contribution in [-0.4, -0.2) is 37.0 Å². The van der Waals surface area contributed by atoms with Crippen LogP contribution in [0.15, 0.2) is 72.8 Å². The van der Waals surface area contributed by atoms with E-state index in [4.69, 9.17) is 16.3 Å². The van der Waals surface area contributed by atoms with Gasteiger partial charge in [0.05, 0.1) is 7.11 Å². The molecule has 1 aliphatic heterocycles. The Hall–Kier alpha value is -3.51. The summed E-state index contributed by atoms with van der Waals surface area (Å²) < 4.78 is 5.15. The molecule has 7 heteroatoms. The Morgan fingerprint density at radius 2 is 1.67 bits per heavy atom. The molecule has 1 saturated heterocycles. The maximum absolute atomic E-state index is 12.8. The third kappa shape index (κ3) is 5.84. The monoisotopic (exact) mass is 463 g/mol. The number of likely N-dealkylation sites (tertiary alicyclic amines) is 1. The van der Waals surface area contributed by atoms with Gasteiger partial charge in [-0.15, -0.1) is 0 Å². The summed E-state index contributed by atoms with van der Waals surface area (Å²) in [5, 5.41) is 6.48. The van der Waals surface area contributed by atoms with E-state index in [0.717, 1.165) is 24.2 Å². The minimum atomic E-state index is -0.171. The van der Waals surface area contributed by atoms with Gasteiger partial charge in [-0.2, -0.15) is 0 Å². The molecule has 3 aromatic rings. The molecule has 0 radical (unpaired) electrons. The molecule has 170 valence electrons. The molecular weight excluding hydrogens is 438 g/mol. The zero-order valence-corrected chi connectivity index (χ0v) is 19.1. The fraction of sp³-hybridized carbons (Fsp3) is 0.231. The van der Waals surface area contributed by atoms with E-state index in [1.165, 1.54) is 0 Å². The molecule has 1 aliphatic rings. The molecule has 0 saturated carbocycles. The fourth-order valence-electron chi connectivity index (χ4n) is 3.98. The predicted molar refractivity (Wildman–Crippen MR) is 131 cm³/mol. The number of piperidine rings is 1. The summed E-state index contributed by atoms with van der Waals surface area (Å²) in [6.07, 6.45) is 1.87. The Balaban J connectivity index is 1.40. The topological polar surface area (TPSA) is 70.7 Å². The van der Waals surface area contributed by atoms with E-state index in [9.17, 15) is 9.59 Å². The van der Waals surface area contributed by atoms with Crippen LogP contribution in [0.5, 0.6) is 5.75 Å². The van der Waals surface area contributed by atoms with Gasteiger partial charge in [-0.05, 0) is 79.1 Å². The number of urea groups is 1. The maximum Gasteiger partial charge on any atom is 0.321 e. The number of amides is 3. The Morgan fingerprint density at radius 3 is 2.39 bits per heavy atom. The second-order valence-electron chi connectivity index (χ2n) is 8.03. The smallest absolute Gasteiger partial charge is 0.321 e. The number of hydrogen-bond acceptors (Lipinski definition) is 3. The van der Waals surface area contributed by atoms with Crippen LogP contribution in [0.4, 0.5) is 16.2 Å². The molecular formula is C26H26ClN3O3. The normalized spacial score (nSPS) is 15.6. The van der Waals surface area contributed by atoms with Gasteiger partial charge in [-0.3, -0.25) is 4.79 Å². The number of anilines is 2. The fourth-order valence-corrected chi connectivity index (χ4v) is 4.11. The number of rotatable bonds is 5. The number of hydrogen-bond donors (Lipinski definition) is 2. The first-order valence-electron chi connectivity index (χ1n) is 10.9. The Kier molecular flexibility index (Phi) is 7.15. The van der Waals surface area contributed by atoms with Gasteiger partial charge in [-0.1, -0.05) is 23.7 Å². The van der Waals surface area contributed by atoms with Crippen LogP contribution in [0.3, 0.4) is 0 Å². The van der Waals surface area contributed by atoms with Crippen LogP contribution in [0.1, 0.15) is 34.7 Å². The van der Waals surface area contributed by atoms with Crippen molar-refractivity contribution in [3.8, 4) is 5.75 Å². The van der Waals surface area contributed by atoms with E-state index >= 15 is 0 Å². The first kappa shape index (κ1) is 22.7. The summed E-state index contributed by atoms with van der Waals surface area (Å²) in [6, 6.07) is 21.8. The molecule has 0 aromatic heterocycles. The SMILES string of the molecule is COc1ccc(NC(=O)c2cccc([C@@H]3CCCN(C(=O)Nc4ccc(Cl)cc4)C3)c2)cc1. The molecule has 4 rings (SSSR count). The van der Waals surface area contributed by atoms with E-state index in [2.05, 4.69) is 10.6 Å². The number of nitrogens with one attached hydrogen (secondary N) is 2. The summed E-state index contributed by atoms with van der Waals surface area (Å²) in [4.78, 5) is 27.4.